The summed E-state index contributed by atoms with van der Waals surface area (Å²) in [6, 6.07) is 31.1. The van der Waals surface area contributed by atoms with E-state index in [2.05, 4.69) is 5.32 Å². The number of nitrogens with zero attached hydrogens (tertiary/aromatic N) is 3. The Hall–Kier alpha value is -7.23. The summed E-state index contributed by atoms with van der Waals surface area (Å²) in [6.07, 6.45) is -0.494. The van der Waals surface area contributed by atoms with Crippen molar-refractivity contribution in [3.63, 3.8) is 0 Å². The van der Waals surface area contributed by atoms with Crippen molar-refractivity contribution >= 4 is 35.5 Å². The number of nitrogens with one attached hydrogen (secondary N) is 1. The molecule has 1 spiro atoms. The van der Waals surface area contributed by atoms with E-state index in [0.29, 0.717) is 40.4 Å². The van der Waals surface area contributed by atoms with Crippen LogP contribution in [0.3, 0.4) is 0 Å². The smallest absolute Gasteiger partial charge is 0.329 e. The molecule has 7 atom stereocenters. The third-order valence-corrected chi connectivity index (χ3v) is 13.8. The van der Waals surface area contributed by atoms with Crippen molar-refractivity contribution in [3.05, 3.63) is 155 Å². The number of carbonyl (C=O) groups is 5. The highest BCUT2D eigenvalue weighted by Gasteiger charge is 2.76. The average Bonchev–Trinajstić information content (AvgIpc) is 3.83. The van der Waals surface area contributed by atoms with E-state index in [9.17, 15) is 14.7 Å². The molecular formula is C53H54N4O11. The molecule has 4 heterocycles. The number of rotatable bonds is 12. The molecule has 0 unspecified atom stereocenters. The van der Waals surface area contributed by atoms with Crippen LogP contribution in [0.15, 0.2) is 121 Å². The molecule has 0 radical (unpaired) electrons. The van der Waals surface area contributed by atoms with Gasteiger partial charge in [-0.25, -0.2) is 14.5 Å². The Labute approximate surface area is 394 Å². The van der Waals surface area contributed by atoms with Crippen LogP contribution < -0.4 is 24.4 Å². The summed E-state index contributed by atoms with van der Waals surface area (Å²) in [6.45, 7) is 3.54. The number of aliphatic hydroxyl groups excluding tert-OH is 1. The van der Waals surface area contributed by atoms with E-state index in [4.69, 9.17) is 23.7 Å². The number of anilines is 1. The molecule has 2 fully saturated rings. The van der Waals surface area contributed by atoms with Crippen LogP contribution in [0.5, 0.6) is 17.2 Å². The Kier molecular flexibility index (Phi) is 12.7. The first kappa shape index (κ1) is 45.9. The summed E-state index contributed by atoms with van der Waals surface area (Å²) in [5.41, 5.74) is 2.20. The number of imide groups is 1. The largest absolute Gasteiger partial charge is 0.493 e. The molecule has 0 bridgehead atoms. The average molecular weight is 923 g/mol. The summed E-state index contributed by atoms with van der Waals surface area (Å²) in [5.74, 6) is -3.24. The van der Waals surface area contributed by atoms with Crippen molar-refractivity contribution in [2.45, 2.75) is 62.5 Å². The Balaban J connectivity index is 1.32. The quantitative estimate of drug-likeness (QED) is 0.135. The first-order chi connectivity index (χ1) is 33.0. The van der Waals surface area contributed by atoms with Crippen molar-refractivity contribution in [3.8, 4) is 17.2 Å². The van der Waals surface area contributed by atoms with Gasteiger partial charge >= 0.3 is 18.0 Å². The van der Waals surface area contributed by atoms with Crippen molar-refractivity contribution in [2.24, 2.45) is 11.8 Å². The number of esters is 2. The molecule has 0 aliphatic carbocycles. The number of para-hydroxylation sites is 1. The van der Waals surface area contributed by atoms with Gasteiger partial charge in [0.1, 0.15) is 36.0 Å². The van der Waals surface area contributed by atoms with Gasteiger partial charge in [0.05, 0.1) is 51.6 Å². The van der Waals surface area contributed by atoms with Gasteiger partial charge in [0.15, 0.2) is 11.5 Å². The first-order valence-corrected chi connectivity index (χ1v) is 22.7. The van der Waals surface area contributed by atoms with Crippen LogP contribution in [0.2, 0.25) is 0 Å². The van der Waals surface area contributed by atoms with Crippen LogP contribution >= 0.6 is 0 Å². The van der Waals surface area contributed by atoms with E-state index in [1.165, 1.54) is 14.2 Å². The molecule has 4 amide bonds. The van der Waals surface area contributed by atoms with E-state index in [1.54, 1.807) is 68.3 Å². The second-order valence-corrected chi connectivity index (χ2v) is 17.7. The second-order valence-electron chi connectivity index (χ2n) is 17.7. The van der Waals surface area contributed by atoms with Gasteiger partial charge in [0, 0.05) is 13.1 Å². The number of amides is 4. The van der Waals surface area contributed by atoms with Gasteiger partial charge in [0.2, 0.25) is 11.8 Å². The molecule has 352 valence electrons. The summed E-state index contributed by atoms with van der Waals surface area (Å²) in [4.78, 5) is 81.1. The lowest BCUT2D eigenvalue weighted by Gasteiger charge is -2.46. The minimum absolute atomic E-state index is 0.0260. The van der Waals surface area contributed by atoms with E-state index < -0.39 is 77.3 Å². The highest BCUT2D eigenvalue weighted by Crippen LogP contribution is 2.66. The fourth-order valence-corrected chi connectivity index (χ4v) is 10.9. The number of aliphatic hydroxyl groups is 1. The zero-order chi connectivity index (χ0) is 47.9. The maximum absolute atomic E-state index is 16.6. The molecule has 5 aromatic rings. The zero-order valence-corrected chi connectivity index (χ0v) is 38.5. The molecule has 15 heteroatoms. The first-order valence-electron chi connectivity index (χ1n) is 22.7. The number of ether oxygens (including phenoxy) is 5. The molecular weight excluding hydrogens is 869 g/mol. The Bertz CT molecular complexity index is 2730. The van der Waals surface area contributed by atoms with Gasteiger partial charge in [-0.15, -0.1) is 0 Å². The van der Waals surface area contributed by atoms with Crippen molar-refractivity contribution in [1.82, 2.24) is 15.1 Å². The van der Waals surface area contributed by atoms with Crippen LogP contribution in [0.1, 0.15) is 65.4 Å². The lowest BCUT2D eigenvalue weighted by atomic mass is 9.65. The predicted molar refractivity (Wildman–Crippen MR) is 249 cm³/mol. The second kappa shape index (κ2) is 18.8. The molecule has 2 N–H and O–H groups in total. The van der Waals surface area contributed by atoms with Gasteiger partial charge in [-0.05, 0) is 76.1 Å². The number of cyclic esters (lactones) is 1. The number of hydrogen-bond acceptors (Lipinski definition) is 12. The van der Waals surface area contributed by atoms with Crippen molar-refractivity contribution in [1.29, 1.82) is 0 Å². The van der Waals surface area contributed by atoms with Crippen LogP contribution in [-0.2, 0) is 47.0 Å². The minimum atomic E-state index is -2.01. The Morgan fingerprint density at radius 2 is 1.44 bits per heavy atom. The van der Waals surface area contributed by atoms with Gasteiger partial charge in [-0.1, -0.05) is 105 Å². The number of fused-ring (bicyclic) bond motifs is 4. The van der Waals surface area contributed by atoms with Gasteiger partial charge in [-0.3, -0.25) is 19.3 Å². The van der Waals surface area contributed by atoms with Crippen LogP contribution in [-0.4, -0.2) is 97.9 Å². The molecule has 68 heavy (non-hydrogen) atoms. The summed E-state index contributed by atoms with van der Waals surface area (Å²) < 4.78 is 29.0. The SMILES string of the molecule is COC(=O)[C@@H](NC(=O)N1C(=O)[C@@]2(c3ccccc31)[C@H](C(=O)N1CCc3cc(OC)c(OC)cc3C1)[C@H]1C(=O)O[C@H](c3ccccc3)[C@H](c3ccccc3)N1[C@@H]2c1cccc(OCCO)c1)C(C)C. The summed E-state index contributed by atoms with van der Waals surface area (Å²) >= 11 is 0. The molecule has 4 aliphatic heterocycles. The lowest BCUT2D eigenvalue weighted by Crippen LogP contribution is -2.58. The molecule has 2 saturated heterocycles. The molecule has 9 rings (SSSR count). The standard InChI is InChI=1S/C53H54N4O11/c1-31(2)43(49(60)66-5)54-52(63)56-39-22-13-12-21-38(39)53(51(56)62)42(48(59)55-24-23-34-28-40(64-3)41(65-4)29-36(34)30-55)45-50(61)68-46(33-17-10-7-11-18-33)44(32-15-8-6-9-16-32)57(45)47(53)35-19-14-20-37(27-35)67-26-25-58/h6-22,27-29,31,42-47,58H,23-26,30H2,1-5H3,(H,54,63)/t42-,43-,44-,45-,46+,47+,53-/m0/s1. The Morgan fingerprint density at radius 1 is 0.794 bits per heavy atom. The van der Waals surface area contributed by atoms with Gasteiger partial charge < -0.3 is 39.0 Å². The maximum atomic E-state index is 16.6. The molecule has 4 aliphatic rings. The topological polar surface area (TPSA) is 173 Å². The van der Waals surface area contributed by atoms with E-state index in [-0.39, 0.29) is 32.0 Å². The van der Waals surface area contributed by atoms with Crippen LogP contribution in [0.25, 0.3) is 0 Å². The number of methoxy groups -OCH3 is 3. The number of urea groups is 1. The predicted octanol–water partition coefficient (Wildman–Crippen LogP) is 6.23. The lowest BCUT2D eigenvalue weighted by molar-refractivity contribution is -0.179. The molecule has 0 saturated carbocycles. The molecule has 15 nitrogen and oxygen atoms in total. The normalized spacial score (nSPS) is 23.3. The number of hydrogen-bond donors (Lipinski definition) is 2. The zero-order valence-electron chi connectivity index (χ0n) is 38.5. The van der Waals surface area contributed by atoms with Crippen molar-refractivity contribution in [2.75, 3.05) is 46.0 Å². The van der Waals surface area contributed by atoms with E-state index in [1.807, 2.05) is 83.8 Å². The van der Waals surface area contributed by atoms with Gasteiger partial charge in [0.25, 0.3) is 0 Å². The Morgan fingerprint density at radius 3 is 2.10 bits per heavy atom. The number of carbonyl (C=O) groups excluding carboxylic acids is 5. The maximum Gasteiger partial charge on any atom is 0.329 e. The van der Waals surface area contributed by atoms with Crippen LogP contribution in [0, 0.1) is 11.8 Å². The fraction of sp³-hybridized carbons (Fsp3) is 0.340. The third-order valence-electron chi connectivity index (χ3n) is 13.8. The van der Waals surface area contributed by atoms with Gasteiger partial charge in [-0.2, -0.15) is 0 Å². The minimum Gasteiger partial charge on any atom is -0.493 e. The molecule has 5 aromatic carbocycles. The fourth-order valence-electron chi connectivity index (χ4n) is 10.9. The number of morpholine rings is 1. The molecule has 0 aromatic heterocycles. The van der Waals surface area contributed by atoms with Crippen LogP contribution in [0.4, 0.5) is 10.5 Å². The summed E-state index contributed by atoms with van der Waals surface area (Å²) in [7, 11) is 4.32. The third kappa shape index (κ3) is 7.59. The van der Waals surface area contributed by atoms with E-state index >= 15 is 14.4 Å². The highest BCUT2D eigenvalue weighted by atomic mass is 16.6. The summed E-state index contributed by atoms with van der Waals surface area (Å²) in [5, 5.41) is 12.6. The highest BCUT2D eigenvalue weighted by molar-refractivity contribution is 6.25. The van der Waals surface area contributed by atoms with Crippen molar-refractivity contribution < 1.29 is 52.8 Å². The van der Waals surface area contributed by atoms with E-state index in [0.717, 1.165) is 21.6 Å². The monoisotopic (exact) mass is 922 g/mol. The number of benzene rings is 5.